The third kappa shape index (κ3) is 3.06. The summed E-state index contributed by atoms with van der Waals surface area (Å²) in [7, 11) is 0. The van der Waals surface area contributed by atoms with Gasteiger partial charge in [0, 0.05) is 6.20 Å². The van der Waals surface area contributed by atoms with Gasteiger partial charge in [-0.15, -0.1) is 0 Å². The highest BCUT2D eigenvalue weighted by molar-refractivity contribution is 14.1. The summed E-state index contributed by atoms with van der Waals surface area (Å²) in [6.45, 7) is 1.84. The van der Waals surface area contributed by atoms with E-state index < -0.39 is 6.09 Å². The van der Waals surface area contributed by atoms with E-state index in [0.29, 0.717) is 9.39 Å². The van der Waals surface area contributed by atoms with Gasteiger partial charge in [0.05, 0.1) is 5.52 Å². The summed E-state index contributed by atoms with van der Waals surface area (Å²) in [6, 6.07) is 15.3. The van der Waals surface area contributed by atoms with Crippen molar-refractivity contribution in [2.75, 3.05) is 5.32 Å². The first-order valence-electron chi connectivity index (χ1n) is 6.80. The Labute approximate surface area is 141 Å². The molecule has 0 aliphatic carbocycles. The molecule has 2 aromatic heterocycles. The summed E-state index contributed by atoms with van der Waals surface area (Å²) in [6.07, 6.45) is 1.02. The Morgan fingerprint density at radius 2 is 1.95 bits per heavy atom. The van der Waals surface area contributed by atoms with E-state index in [1.165, 1.54) is 0 Å². The van der Waals surface area contributed by atoms with Crippen LogP contribution in [0.15, 0.2) is 54.7 Å². The molecule has 0 radical (unpaired) electrons. The summed E-state index contributed by atoms with van der Waals surface area (Å²) in [4.78, 5) is 12.1. The van der Waals surface area contributed by atoms with Crippen molar-refractivity contribution in [3.05, 3.63) is 64.0 Å². The molecular formula is C16H14IN3O2. The van der Waals surface area contributed by atoms with Crippen LogP contribution in [-0.2, 0) is 4.74 Å². The summed E-state index contributed by atoms with van der Waals surface area (Å²) in [5.41, 5.74) is 2.44. The van der Waals surface area contributed by atoms with E-state index in [2.05, 4.69) is 33.0 Å². The first kappa shape index (κ1) is 14.8. The molecular weight excluding hydrogens is 393 g/mol. The second kappa shape index (κ2) is 6.35. The van der Waals surface area contributed by atoms with E-state index >= 15 is 0 Å². The van der Waals surface area contributed by atoms with Gasteiger partial charge in [-0.1, -0.05) is 36.4 Å². The number of ether oxygens (including phenoxy) is 1. The monoisotopic (exact) mass is 407 g/mol. The highest BCUT2D eigenvalue weighted by atomic mass is 127. The van der Waals surface area contributed by atoms with E-state index in [9.17, 15) is 4.79 Å². The van der Waals surface area contributed by atoms with Gasteiger partial charge in [-0.2, -0.15) is 5.10 Å². The predicted octanol–water partition coefficient (Wildman–Crippen LogP) is 4.25. The standard InChI is InChI=1S/C16H14IN3O2/c1-11(12-7-3-2-4-8-12)22-16(21)18-14-13-9-5-6-10-20(13)19-15(14)17/h2-11H,1H3,(H,18,21)/t11-/m1/s1. The van der Waals surface area contributed by atoms with E-state index in [4.69, 9.17) is 4.74 Å². The van der Waals surface area contributed by atoms with Gasteiger partial charge in [-0.05, 0) is 47.2 Å². The molecule has 0 unspecified atom stereocenters. The molecule has 0 aliphatic rings. The Kier molecular flexibility index (Phi) is 4.28. The van der Waals surface area contributed by atoms with Gasteiger partial charge in [-0.3, -0.25) is 5.32 Å². The number of nitrogens with one attached hydrogen (secondary N) is 1. The summed E-state index contributed by atoms with van der Waals surface area (Å²) < 4.78 is 7.86. The Morgan fingerprint density at radius 3 is 2.73 bits per heavy atom. The molecule has 1 atom stereocenters. The first-order chi connectivity index (χ1) is 10.6. The molecule has 0 aliphatic heterocycles. The molecule has 0 saturated heterocycles. The lowest BCUT2D eigenvalue weighted by Gasteiger charge is -2.14. The Morgan fingerprint density at radius 1 is 1.23 bits per heavy atom. The summed E-state index contributed by atoms with van der Waals surface area (Å²) in [5.74, 6) is 0. The molecule has 1 N–H and O–H groups in total. The Balaban J connectivity index is 1.75. The van der Waals surface area contributed by atoms with Crippen LogP contribution in [-0.4, -0.2) is 15.7 Å². The van der Waals surface area contributed by atoms with Crippen LogP contribution < -0.4 is 5.32 Å². The van der Waals surface area contributed by atoms with Crippen molar-refractivity contribution in [2.24, 2.45) is 0 Å². The molecule has 0 fully saturated rings. The average molecular weight is 407 g/mol. The van der Waals surface area contributed by atoms with Crippen molar-refractivity contribution in [1.82, 2.24) is 9.61 Å². The van der Waals surface area contributed by atoms with Gasteiger partial charge in [0.25, 0.3) is 0 Å². The fraction of sp³-hybridized carbons (Fsp3) is 0.125. The minimum Gasteiger partial charge on any atom is -0.441 e. The zero-order valence-electron chi connectivity index (χ0n) is 11.9. The zero-order chi connectivity index (χ0) is 15.5. The molecule has 3 rings (SSSR count). The predicted molar refractivity (Wildman–Crippen MR) is 92.9 cm³/mol. The maximum Gasteiger partial charge on any atom is 0.412 e. The molecule has 1 amide bonds. The number of fused-ring (bicyclic) bond motifs is 1. The number of amides is 1. The minimum absolute atomic E-state index is 0.319. The first-order valence-corrected chi connectivity index (χ1v) is 7.88. The van der Waals surface area contributed by atoms with E-state index in [1.54, 1.807) is 4.52 Å². The number of hydrogen-bond donors (Lipinski definition) is 1. The van der Waals surface area contributed by atoms with Gasteiger partial charge < -0.3 is 4.74 Å². The van der Waals surface area contributed by atoms with Crippen molar-refractivity contribution >= 4 is 39.9 Å². The third-order valence-corrected chi connectivity index (χ3v) is 4.03. The van der Waals surface area contributed by atoms with Crippen molar-refractivity contribution in [3.8, 4) is 0 Å². The Hall–Kier alpha value is -2.09. The molecule has 22 heavy (non-hydrogen) atoms. The normalized spacial score (nSPS) is 12.1. The van der Waals surface area contributed by atoms with E-state index in [0.717, 1.165) is 11.1 Å². The fourth-order valence-electron chi connectivity index (χ4n) is 2.17. The van der Waals surface area contributed by atoms with Crippen molar-refractivity contribution < 1.29 is 9.53 Å². The van der Waals surface area contributed by atoms with Crippen LogP contribution in [0.2, 0.25) is 0 Å². The lowest BCUT2D eigenvalue weighted by molar-refractivity contribution is 0.121. The molecule has 6 heteroatoms. The molecule has 2 heterocycles. The number of rotatable bonds is 3. The molecule has 3 aromatic rings. The second-order valence-corrected chi connectivity index (χ2v) is 5.80. The van der Waals surface area contributed by atoms with Crippen molar-refractivity contribution in [1.29, 1.82) is 0 Å². The van der Waals surface area contributed by atoms with Crippen LogP contribution in [0.5, 0.6) is 0 Å². The molecule has 0 spiro atoms. The van der Waals surface area contributed by atoms with Crippen LogP contribution in [0, 0.1) is 3.70 Å². The third-order valence-electron chi connectivity index (χ3n) is 3.28. The van der Waals surface area contributed by atoms with Gasteiger partial charge in [0.15, 0.2) is 0 Å². The number of carbonyl (C=O) groups excluding carboxylic acids is 1. The van der Waals surface area contributed by atoms with E-state index in [-0.39, 0.29) is 6.10 Å². The minimum atomic E-state index is -0.493. The van der Waals surface area contributed by atoms with Crippen LogP contribution in [0.1, 0.15) is 18.6 Å². The number of nitrogens with zero attached hydrogens (tertiary/aromatic N) is 2. The lowest BCUT2D eigenvalue weighted by Crippen LogP contribution is -2.16. The van der Waals surface area contributed by atoms with Gasteiger partial charge in [-0.25, -0.2) is 9.31 Å². The van der Waals surface area contributed by atoms with Gasteiger partial charge >= 0.3 is 6.09 Å². The highest BCUT2D eigenvalue weighted by Crippen LogP contribution is 2.24. The topological polar surface area (TPSA) is 55.6 Å². The number of carbonyl (C=O) groups is 1. The molecule has 5 nitrogen and oxygen atoms in total. The number of benzene rings is 1. The molecule has 0 bridgehead atoms. The van der Waals surface area contributed by atoms with Gasteiger partial charge in [0.2, 0.25) is 0 Å². The lowest BCUT2D eigenvalue weighted by atomic mass is 10.1. The quantitative estimate of drug-likeness (QED) is 0.661. The molecule has 0 saturated carbocycles. The average Bonchev–Trinajstić information content (AvgIpc) is 2.84. The molecule has 112 valence electrons. The zero-order valence-corrected chi connectivity index (χ0v) is 14.0. The number of aromatic nitrogens is 2. The summed E-state index contributed by atoms with van der Waals surface area (Å²) in [5, 5.41) is 7.12. The summed E-state index contributed by atoms with van der Waals surface area (Å²) >= 11 is 2.09. The van der Waals surface area contributed by atoms with Gasteiger partial charge in [0.1, 0.15) is 15.5 Å². The molecule has 1 aromatic carbocycles. The fourth-order valence-corrected chi connectivity index (χ4v) is 2.81. The van der Waals surface area contributed by atoms with Crippen LogP contribution in [0.4, 0.5) is 10.5 Å². The number of halogens is 1. The van der Waals surface area contributed by atoms with Crippen LogP contribution >= 0.6 is 22.6 Å². The number of hydrogen-bond acceptors (Lipinski definition) is 3. The Bertz CT molecular complexity index is 802. The van der Waals surface area contributed by atoms with Crippen molar-refractivity contribution in [2.45, 2.75) is 13.0 Å². The maximum atomic E-state index is 12.1. The smallest absolute Gasteiger partial charge is 0.412 e. The van der Waals surface area contributed by atoms with Crippen molar-refractivity contribution in [3.63, 3.8) is 0 Å². The highest BCUT2D eigenvalue weighted by Gasteiger charge is 2.16. The largest absolute Gasteiger partial charge is 0.441 e. The van der Waals surface area contributed by atoms with E-state index in [1.807, 2.05) is 61.7 Å². The van der Waals surface area contributed by atoms with Crippen LogP contribution in [0.3, 0.4) is 0 Å². The SMILES string of the molecule is C[C@@H](OC(=O)Nc1c(I)nn2ccccc12)c1ccccc1. The maximum absolute atomic E-state index is 12.1. The number of anilines is 1. The second-order valence-electron chi connectivity index (χ2n) is 4.78. The number of pyridine rings is 1. The van der Waals surface area contributed by atoms with Crippen LogP contribution in [0.25, 0.3) is 5.52 Å².